The maximum absolute atomic E-state index is 13.7. The highest BCUT2D eigenvalue weighted by Gasteiger charge is 2.76. The number of rotatable bonds is 2. The molecule has 3 atom stereocenters. The Morgan fingerprint density at radius 1 is 0.938 bits per heavy atom. The molecule has 1 spiro atoms. The minimum absolute atomic E-state index is 0.0821. The summed E-state index contributed by atoms with van der Waals surface area (Å²) in [5.74, 6) is -4.01. The van der Waals surface area contributed by atoms with E-state index in [0.717, 1.165) is 4.90 Å². The Labute approximate surface area is 181 Å². The molecule has 0 aromatic heterocycles. The van der Waals surface area contributed by atoms with E-state index in [1.807, 2.05) is 0 Å². The molecule has 0 unspecified atom stereocenters. The van der Waals surface area contributed by atoms with Gasteiger partial charge in [-0.25, -0.2) is 4.90 Å². The van der Waals surface area contributed by atoms with Gasteiger partial charge in [0.2, 0.25) is 11.8 Å². The number of nitro groups is 1. The highest BCUT2D eigenvalue weighted by atomic mass is 16.6. The van der Waals surface area contributed by atoms with Gasteiger partial charge in [0.25, 0.3) is 5.69 Å². The number of nitro benzene ring substituents is 1. The third-order valence-electron chi connectivity index (χ3n) is 7.38. The number of Topliss-reactive ketones (excluding diaryl/α,β-unsaturated/α-hetero) is 2. The Kier molecular flexibility index (Phi) is 3.66. The van der Waals surface area contributed by atoms with Crippen molar-refractivity contribution in [3.05, 3.63) is 69.8 Å². The van der Waals surface area contributed by atoms with Crippen LogP contribution in [0.25, 0.3) is 0 Å². The summed E-state index contributed by atoms with van der Waals surface area (Å²) in [5.41, 5.74) is -1.34. The van der Waals surface area contributed by atoms with Crippen molar-refractivity contribution in [2.45, 2.75) is 24.4 Å². The van der Waals surface area contributed by atoms with Gasteiger partial charge in [-0.1, -0.05) is 30.3 Å². The van der Waals surface area contributed by atoms with E-state index in [9.17, 15) is 29.3 Å². The second-order valence-electron chi connectivity index (χ2n) is 8.67. The number of non-ortho nitro benzene ring substituents is 1. The first-order valence-corrected chi connectivity index (χ1v) is 10.5. The van der Waals surface area contributed by atoms with Crippen LogP contribution in [0.1, 0.15) is 33.6 Å². The molecule has 9 nitrogen and oxygen atoms in total. The van der Waals surface area contributed by atoms with Crippen molar-refractivity contribution in [3.8, 4) is 0 Å². The van der Waals surface area contributed by atoms with E-state index in [-0.39, 0.29) is 22.5 Å². The molecule has 0 radical (unpaired) electrons. The molecule has 3 heterocycles. The molecule has 0 saturated carbocycles. The maximum Gasteiger partial charge on any atom is 0.271 e. The van der Waals surface area contributed by atoms with E-state index >= 15 is 0 Å². The maximum atomic E-state index is 13.7. The summed E-state index contributed by atoms with van der Waals surface area (Å²) in [6.45, 7) is 0.459. The van der Waals surface area contributed by atoms with Gasteiger partial charge < -0.3 is 0 Å². The molecule has 2 amide bonds. The summed E-state index contributed by atoms with van der Waals surface area (Å²) in [6.07, 6.45) is 1.31. The number of ketones is 2. The molecule has 0 bridgehead atoms. The summed E-state index contributed by atoms with van der Waals surface area (Å²) in [7, 11) is 0. The van der Waals surface area contributed by atoms with Crippen molar-refractivity contribution >= 4 is 34.8 Å². The van der Waals surface area contributed by atoms with E-state index in [2.05, 4.69) is 0 Å². The van der Waals surface area contributed by atoms with Crippen LogP contribution in [0.5, 0.6) is 0 Å². The molecule has 160 valence electrons. The minimum atomic E-state index is -1.72. The zero-order chi connectivity index (χ0) is 22.4. The van der Waals surface area contributed by atoms with Crippen LogP contribution >= 0.6 is 0 Å². The molecular formula is C23H17N3O6. The van der Waals surface area contributed by atoms with Gasteiger partial charge in [-0.05, 0) is 25.5 Å². The molecule has 9 heteroatoms. The van der Waals surface area contributed by atoms with Crippen LogP contribution in [0.3, 0.4) is 0 Å². The molecule has 3 fully saturated rings. The van der Waals surface area contributed by atoms with Crippen molar-refractivity contribution in [2.75, 3.05) is 11.4 Å². The Hall–Kier alpha value is -3.72. The summed E-state index contributed by atoms with van der Waals surface area (Å²) in [5, 5.41) is 11.2. The van der Waals surface area contributed by atoms with E-state index in [1.165, 1.54) is 24.3 Å². The number of benzene rings is 2. The second kappa shape index (κ2) is 6.17. The van der Waals surface area contributed by atoms with Crippen LogP contribution in [0.4, 0.5) is 11.4 Å². The monoisotopic (exact) mass is 431 g/mol. The summed E-state index contributed by atoms with van der Waals surface area (Å²) in [6, 6.07) is 11.4. The number of anilines is 1. The number of carbonyl (C=O) groups excluding carboxylic acids is 4. The fourth-order valence-corrected chi connectivity index (χ4v) is 6.24. The Balaban J connectivity index is 1.53. The van der Waals surface area contributed by atoms with Crippen molar-refractivity contribution in [2.24, 2.45) is 11.8 Å². The van der Waals surface area contributed by atoms with Gasteiger partial charge in [-0.2, -0.15) is 0 Å². The average Bonchev–Trinajstić information content (AvgIpc) is 3.48. The molecule has 4 aliphatic rings. The van der Waals surface area contributed by atoms with Crippen LogP contribution in [-0.4, -0.2) is 51.3 Å². The second-order valence-corrected chi connectivity index (χ2v) is 8.67. The minimum Gasteiger partial charge on any atom is -0.291 e. The Morgan fingerprint density at radius 3 is 2.28 bits per heavy atom. The fraction of sp³-hybridized carbons (Fsp3) is 0.304. The Bertz CT molecular complexity index is 1230. The molecule has 3 aliphatic heterocycles. The topological polar surface area (TPSA) is 118 Å². The van der Waals surface area contributed by atoms with Gasteiger partial charge in [0.1, 0.15) is 0 Å². The van der Waals surface area contributed by atoms with Crippen LogP contribution in [-0.2, 0) is 9.59 Å². The number of nitrogens with zero attached hydrogens (tertiary/aromatic N) is 3. The highest BCUT2D eigenvalue weighted by molar-refractivity contribution is 6.37. The zero-order valence-corrected chi connectivity index (χ0v) is 16.8. The van der Waals surface area contributed by atoms with E-state index < -0.39 is 51.7 Å². The molecule has 3 saturated heterocycles. The van der Waals surface area contributed by atoms with Crippen LogP contribution in [0.15, 0.2) is 48.5 Å². The van der Waals surface area contributed by atoms with Crippen molar-refractivity contribution in [3.63, 3.8) is 0 Å². The van der Waals surface area contributed by atoms with Crippen molar-refractivity contribution in [1.82, 2.24) is 4.90 Å². The molecule has 6 rings (SSSR count). The summed E-state index contributed by atoms with van der Waals surface area (Å²) < 4.78 is 0. The van der Waals surface area contributed by atoms with Gasteiger partial charge in [0.05, 0.1) is 22.4 Å². The fourth-order valence-electron chi connectivity index (χ4n) is 6.24. The first-order chi connectivity index (χ1) is 15.4. The Morgan fingerprint density at radius 2 is 1.62 bits per heavy atom. The zero-order valence-electron chi connectivity index (χ0n) is 16.8. The third kappa shape index (κ3) is 2.02. The van der Waals surface area contributed by atoms with Gasteiger partial charge in [-0.15, -0.1) is 0 Å². The van der Waals surface area contributed by atoms with Crippen LogP contribution < -0.4 is 4.90 Å². The van der Waals surface area contributed by atoms with Gasteiger partial charge in [-0.3, -0.25) is 34.2 Å². The summed E-state index contributed by atoms with van der Waals surface area (Å²) >= 11 is 0. The third-order valence-corrected chi connectivity index (χ3v) is 7.38. The molecule has 2 aromatic carbocycles. The largest absolute Gasteiger partial charge is 0.291 e. The van der Waals surface area contributed by atoms with Crippen molar-refractivity contribution in [1.29, 1.82) is 0 Å². The quantitative estimate of drug-likeness (QED) is 0.309. The number of imide groups is 1. The number of hydrogen-bond acceptors (Lipinski definition) is 7. The predicted octanol–water partition coefficient (Wildman–Crippen LogP) is 2.00. The lowest BCUT2D eigenvalue weighted by atomic mass is 9.76. The molecule has 0 N–H and O–H groups in total. The lowest BCUT2D eigenvalue weighted by molar-refractivity contribution is -0.384. The summed E-state index contributed by atoms with van der Waals surface area (Å²) in [4.78, 5) is 68.0. The normalized spacial score (nSPS) is 27.9. The van der Waals surface area contributed by atoms with Crippen LogP contribution in [0, 0.1) is 22.0 Å². The van der Waals surface area contributed by atoms with Gasteiger partial charge in [0, 0.05) is 29.3 Å². The van der Waals surface area contributed by atoms with Crippen LogP contribution in [0.2, 0.25) is 0 Å². The standard InChI is InChI=1S/C23H17N3O6/c27-19-14-7-1-2-8-15(14)20(28)23(19)18-17(16-9-4-10-24(16)23)21(29)25(22(18)30)12-5-3-6-13(11-12)26(31)32/h1-3,5-8,11,16-18H,4,9-10H2/t16-,17-,18-/m1/s1. The lowest BCUT2D eigenvalue weighted by Crippen LogP contribution is -2.59. The lowest BCUT2D eigenvalue weighted by Gasteiger charge is -2.35. The van der Waals surface area contributed by atoms with E-state index in [4.69, 9.17) is 0 Å². The average molecular weight is 431 g/mol. The SMILES string of the molecule is O=C1[C@@H]2[C@H]3CCCN3C3(C(=O)c4ccccc4C3=O)[C@H]2C(=O)N1c1cccc([N+](=O)[O-])c1. The van der Waals surface area contributed by atoms with E-state index in [0.29, 0.717) is 19.4 Å². The van der Waals surface area contributed by atoms with Gasteiger partial charge >= 0.3 is 0 Å². The molecule has 2 aromatic rings. The number of fused-ring (bicyclic) bond motifs is 6. The predicted molar refractivity (Wildman–Crippen MR) is 110 cm³/mol. The van der Waals surface area contributed by atoms with Crippen molar-refractivity contribution < 1.29 is 24.1 Å². The smallest absolute Gasteiger partial charge is 0.271 e. The number of carbonyl (C=O) groups is 4. The molecule has 1 aliphatic carbocycles. The molecular weight excluding hydrogens is 414 g/mol. The number of hydrogen-bond donors (Lipinski definition) is 0. The first-order valence-electron chi connectivity index (χ1n) is 10.5. The van der Waals surface area contributed by atoms with Gasteiger partial charge in [0.15, 0.2) is 17.1 Å². The first kappa shape index (κ1) is 19.0. The number of amides is 2. The molecule has 32 heavy (non-hydrogen) atoms. The van der Waals surface area contributed by atoms with E-state index in [1.54, 1.807) is 29.2 Å². The highest BCUT2D eigenvalue weighted by Crippen LogP contribution is 2.57.